The standard InChI is InChI=1S/C12H12N2O2/c1-2-11(15)16-10-7-8-5-3-4-6-9(8)14-12(10)13/h3-7H,2H2,1H3,(H2,13,14). The normalized spacial score (nSPS) is 10.3. The first-order valence-electron chi connectivity index (χ1n) is 5.06. The third-order valence-electron chi connectivity index (χ3n) is 2.23. The Morgan fingerprint density at radius 2 is 2.19 bits per heavy atom. The minimum Gasteiger partial charge on any atom is -0.423 e. The van der Waals surface area contributed by atoms with Crippen molar-refractivity contribution < 1.29 is 9.53 Å². The van der Waals surface area contributed by atoms with Gasteiger partial charge in [0.25, 0.3) is 0 Å². The number of carbonyl (C=O) groups excluding carboxylic acids is 1. The molecule has 0 unspecified atom stereocenters. The van der Waals surface area contributed by atoms with Gasteiger partial charge in [-0.05, 0) is 12.1 Å². The molecule has 0 saturated carbocycles. The molecule has 0 aliphatic carbocycles. The fourth-order valence-electron chi connectivity index (χ4n) is 1.39. The second-order valence-corrected chi connectivity index (χ2v) is 3.39. The number of nitrogen functional groups attached to an aromatic ring is 1. The molecule has 2 N–H and O–H groups in total. The SMILES string of the molecule is CCC(=O)Oc1cc2ccccc2nc1N. The van der Waals surface area contributed by atoms with Gasteiger partial charge in [0.15, 0.2) is 11.6 Å². The highest BCUT2D eigenvalue weighted by Crippen LogP contribution is 2.24. The maximum atomic E-state index is 11.2. The van der Waals surface area contributed by atoms with Crippen LogP contribution < -0.4 is 10.5 Å². The van der Waals surface area contributed by atoms with E-state index in [1.807, 2.05) is 24.3 Å². The van der Waals surface area contributed by atoms with Crippen molar-refractivity contribution in [3.63, 3.8) is 0 Å². The zero-order valence-corrected chi connectivity index (χ0v) is 8.93. The molecule has 16 heavy (non-hydrogen) atoms. The van der Waals surface area contributed by atoms with Crippen molar-refractivity contribution in [1.29, 1.82) is 0 Å². The minimum absolute atomic E-state index is 0.237. The first kappa shape index (κ1) is 10.4. The van der Waals surface area contributed by atoms with E-state index in [0.717, 1.165) is 10.9 Å². The number of para-hydroxylation sites is 1. The average Bonchev–Trinajstić information content (AvgIpc) is 2.30. The lowest BCUT2D eigenvalue weighted by Crippen LogP contribution is -2.08. The lowest BCUT2D eigenvalue weighted by atomic mass is 10.2. The number of esters is 1. The van der Waals surface area contributed by atoms with Crippen molar-refractivity contribution in [3.05, 3.63) is 30.3 Å². The van der Waals surface area contributed by atoms with Gasteiger partial charge in [-0.2, -0.15) is 0 Å². The number of ether oxygens (including phenoxy) is 1. The topological polar surface area (TPSA) is 65.2 Å². The van der Waals surface area contributed by atoms with Crippen molar-refractivity contribution in [2.45, 2.75) is 13.3 Å². The number of hydrogen-bond donors (Lipinski definition) is 1. The van der Waals surface area contributed by atoms with Gasteiger partial charge in [0.2, 0.25) is 0 Å². The van der Waals surface area contributed by atoms with E-state index in [2.05, 4.69) is 4.98 Å². The molecule has 0 radical (unpaired) electrons. The van der Waals surface area contributed by atoms with Crippen LogP contribution in [0.1, 0.15) is 13.3 Å². The monoisotopic (exact) mass is 216 g/mol. The highest BCUT2D eigenvalue weighted by atomic mass is 16.5. The van der Waals surface area contributed by atoms with Crippen LogP contribution in [0.15, 0.2) is 30.3 Å². The maximum Gasteiger partial charge on any atom is 0.311 e. The summed E-state index contributed by atoms with van der Waals surface area (Å²) in [6, 6.07) is 9.26. The average molecular weight is 216 g/mol. The number of anilines is 1. The number of nitrogens with zero attached hydrogens (tertiary/aromatic N) is 1. The summed E-state index contributed by atoms with van der Waals surface area (Å²) < 4.78 is 5.08. The molecule has 2 rings (SSSR count). The Hall–Kier alpha value is -2.10. The molecule has 0 bridgehead atoms. The number of aromatic nitrogens is 1. The summed E-state index contributed by atoms with van der Waals surface area (Å²) in [6.45, 7) is 1.73. The zero-order valence-electron chi connectivity index (χ0n) is 8.93. The fraction of sp³-hybridized carbons (Fsp3) is 0.167. The number of rotatable bonds is 2. The van der Waals surface area contributed by atoms with Gasteiger partial charge in [-0.1, -0.05) is 25.1 Å². The van der Waals surface area contributed by atoms with Crippen LogP contribution >= 0.6 is 0 Å². The number of hydrogen-bond acceptors (Lipinski definition) is 4. The van der Waals surface area contributed by atoms with Crippen LogP contribution in [-0.4, -0.2) is 11.0 Å². The summed E-state index contributed by atoms with van der Waals surface area (Å²) in [5.41, 5.74) is 6.49. The van der Waals surface area contributed by atoms with Gasteiger partial charge in [-0.15, -0.1) is 0 Å². The molecule has 1 aromatic heterocycles. The van der Waals surface area contributed by atoms with Crippen LogP contribution in [-0.2, 0) is 4.79 Å². The van der Waals surface area contributed by atoms with Crippen molar-refractivity contribution in [2.75, 3.05) is 5.73 Å². The number of fused-ring (bicyclic) bond motifs is 1. The third kappa shape index (κ3) is 1.95. The lowest BCUT2D eigenvalue weighted by molar-refractivity contribution is -0.133. The number of nitrogens with two attached hydrogens (primary N) is 1. The predicted molar refractivity (Wildman–Crippen MR) is 62.1 cm³/mol. The summed E-state index contributed by atoms with van der Waals surface area (Å²) in [5, 5.41) is 0.899. The molecule has 0 aliphatic rings. The molecule has 4 nitrogen and oxygen atoms in total. The van der Waals surface area contributed by atoms with E-state index in [0.29, 0.717) is 12.2 Å². The summed E-state index contributed by atoms with van der Waals surface area (Å²) in [7, 11) is 0. The van der Waals surface area contributed by atoms with E-state index in [-0.39, 0.29) is 11.8 Å². The van der Waals surface area contributed by atoms with Gasteiger partial charge in [0.1, 0.15) is 0 Å². The molecular weight excluding hydrogens is 204 g/mol. The Morgan fingerprint density at radius 3 is 2.94 bits per heavy atom. The van der Waals surface area contributed by atoms with E-state index in [1.165, 1.54) is 0 Å². The van der Waals surface area contributed by atoms with Crippen LogP contribution in [0, 0.1) is 0 Å². The molecular formula is C12H12N2O2. The second-order valence-electron chi connectivity index (χ2n) is 3.39. The molecule has 2 aromatic rings. The quantitative estimate of drug-likeness (QED) is 0.781. The van der Waals surface area contributed by atoms with E-state index in [4.69, 9.17) is 10.5 Å². The van der Waals surface area contributed by atoms with E-state index >= 15 is 0 Å². The molecule has 1 aromatic carbocycles. The third-order valence-corrected chi connectivity index (χ3v) is 2.23. The Balaban J connectivity index is 2.46. The summed E-state index contributed by atoms with van der Waals surface area (Å²) in [6.07, 6.45) is 0.312. The molecule has 0 amide bonds. The van der Waals surface area contributed by atoms with Gasteiger partial charge in [0.05, 0.1) is 5.52 Å². The van der Waals surface area contributed by atoms with Crippen LogP contribution in [0.2, 0.25) is 0 Å². The van der Waals surface area contributed by atoms with Crippen molar-refractivity contribution in [2.24, 2.45) is 0 Å². The van der Waals surface area contributed by atoms with Gasteiger partial charge >= 0.3 is 5.97 Å². The predicted octanol–water partition coefficient (Wildman–Crippen LogP) is 2.13. The number of benzene rings is 1. The molecule has 0 spiro atoms. The Labute approximate surface area is 93.0 Å². The molecule has 4 heteroatoms. The molecule has 0 fully saturated rings. The molecule has 82 valence electrons. The minimum atomic E-state index is -0.316. The molecule has 0 saturated heterocycles. The Kier molecular flexibility index (Phi) is 2.72. The molecule has 0 aliphatic heterocycles. The number of pyridine rings is 1. The van der Waals surface area contributed by atoms with Crippen LogP contribution in [0.4, 0.5) is 5.82 Å². The van der Waals surface area contributed by atoms with Gasteiger partial charge in [0, 0.05) is 11.8 Å². The fourth-order valence-corrected chi connectivity index (χ4v) is 1.39. The van der Waals surface area contributed by atoms with E-state index < -0.39 is 0 Å². The van der Waals surface area contributed by atoms with Gasteiger partial charge in [-0.3, -0.25) is 4.79 Å². The first-order chi connectivity index (χ1) is 7.70. The second kappa shape index (κ2) is 4.18. The van der Waals surface area contributed by atoms with Gasteiger partial charge in [-0.25, -0.2) is 4.98 Å². The highest BCUT2D eigenvalue weighted by molar-refractivity contribution is 5.84. The Bertz CT molecular complexity index is 538. The summed E-state index contributed by atoms with van der Waals surface area (Å²) >= 11 is 0. The van der Waals surface area contributed by atoms with Crippen molar-refractivity contribution in [3.8, 4) is 5.75 Å². The van der Waals surface area contributed by atoms with Gasteiger partial charge < -0.3 is 10.5 Å². The first-order valence-corrected chi connectivity index (χ1v) is 5.06. The van der Waals surface area contributed by atoms with Crippen molar-refractivity contribution in [1.82, 2.24) is 4.98 Å². The Morgan fingerprint density at radius 1 is 1.44 bits per heavy atom. The lowest BCUT2D eigenvalue weighted by Gasteiger charge is -2.06. The highest BCUT2D eigenvalue weighted by Gasteiger charge is 2.08. The van der Waals surface area contributed by atoms with E-state index in [1.54, 1.807) is 13.0 Å². The number of carbonyl (C=O) groups is 1. The summed E-state index contributed by atoms with van der Waals surface area (Å²) in [4.78, 5) is 15.3. The maximum absolute atomic E-state index is 11.2. The smallest absolute Gasteiger partial charge is 0.311 e. The molecule has 1 heterocycles. The van der Waals surface area contributed by atoms with Crippen LogP contribution in [0.25, 0.3) is 10.9 Å². The van der Waals surface area contributed by atoms with E-state index in [9.17, 15) is 4.79 Å². The van der Waals surface area contributed by atoms with Crippen LogP contribution in [0.3, 0.4) is 0 Å². The largest absolute Gasteiger partial charge is 0.423 e. The molecule has 0 atom stereocenters. The van der Waals surface area contributed by atoms with Crippen LogP contribution in [0.5, 0.6) is 5.75 Å². The zero-order chi connectivity index (χ0) is 11.5. The summed E-state index contributed by atoms with van der Waals surface area (Å²) in [5.74, 6) is 0.245. The van der Waals surface area contributed by atoms with Crippen molar-refractivity contribution >= 4 is 22.7 Å².